The summed E-state index contributed by atoms with van der Waals surface area (Å²) in [6, 6.07) is 2.01. The van der Waals surface area contributed by atoms with E-state index in [2.05, 4.69) is 41.4 Å². The van der Waals surface area contributed by atoms with Crippen LogP contribution >= 0.6 is 0 Å². The standard InChI is InChI=1S/C17H32N4/c1-5-11-19-17-20-15(4)13-16(21-17)18-12-9-7-6-8-10-14(2)3/h13-14H,5-12H2,1-4H3,(H2,18,19,20,21). The van der Waals surface area contributed by atoms with Crippen molar-refractivity contribution in [3.63, 3.8) is 0 Å². The van der Waals surface area contributed by atoms with Crippen molar-refractivity contribution in [3.05, 3.63) is 11.8 Å². The zero-order valence-electron chi connectivity index (χ0n) is 14.2. The van der Waals surface area contributed by atoms with Gasteiger partial charge in [-0.05, 0) is 25.7 Å². The highest BCUT2D eigenvalue weighted by Crippen LogP contribution is 2.12. The molecule has 0 aliphatic rings. The van der Waals surface area contributed by atoms with Crippen molar-refractivity contribution in [3.8, 4) is 0 Å². The molecular formula is C17H32N4. The third-order valence-electron chi connectivity index (χ3n) is 3.40. The van der Waals surface area contributed by atoms with E-state index >= 15 is 0 Å². The van der Waals surface area contributed by atoms with Gasteiger partial charge in [-0.2, -0.15) is 4.98 Å². The van der Waals surface area contributed by atoms with Crippen LogP contribution in [-0.2, 0) is 0 Å². The molecule has 4 heteroatoms. The normalized spacial score (nSPS) is 10.9. The lowest BCUT2D eigenvalue weighted by Crippen LogP contribution is -2.09. The minimum atomic E-state index is 0.733. The van der Waals surface area contributed by atoms with Gasteiger partial charge < -0.3 is 10.6 Å². The van der Waals surface area contributed by atoms with Crippen LogP contribution in [0.15, 0.2) is 6.07 Å². The van der Waals surface area contributed by atoms with Crippen LogP contribution in [0.5, 0.6) is 0 Å². The Morgan fingerprint density at radius 1 is 1.00 bits per heavy atom. The van der Waals surface area contributed by atoms with Crippen molar-refractivity contribution in [2.45, 2.75) is 66.2 Å². The fourth-order valence-corrected chi connectivity index (χ4v) is 2.22. The Balaban J connectivity index is 2.23. The number of hydrogen-bond donors (Lipinski definition) is 2. The first kappa shape index (κ1) is 17.7. The average Bonchev–Trinajstić information content (AvgIpc) is 2.43. The van der Waals surface area contributed by atoms with Crippen molar-refractivity contribution in [1.82, 2.24) is 9.97 Å². The van der Waals surface area contributed by atoms with Crippen LogP contribution in [0.1, 0.15) is 65.0 Å². The van der Waals surface area contributed by atoms with Gasteiger partial charge in [0.2, 0.25) is 5.95 Å². The molecule has 0 fully saturated rings. The minimum Gasteiger partial charge on any atom is -0.370 e. The summed E-state index contributed by atoms with van der Waals surface area (Å²) in [5.74, 6) is 2.50. The fourth-order valence-electron chi connectivity index (χ4n) is 2.22. The van der Waals surface area contributed by atoms with Gasteiger partial charge in [0.1, 0.15) is 5.82 Å². The van der Waals surface area contributed by atoms with Crippen molar-refractivity contribution in [1.29, 1.82) is 0 Å². The topological polar surface area (TPSA) is 49.8 Å². The number of aryl methyl sites for hydroxylation is 1. The summed E-state index contributed by atoms with van der Waals surface area (Å²) in [5.41, 5.74) is 1.00. The van der Waals surface area contributed by atoms with Gasteiger partial charge in [0.25, 0.3) is 0 Å². The van der Waals surface area contributed by atoms with Gasteiger partial charge in [-0.3, -0.25) is 0 Å². The molecule has 0 amide bonds. The molecule has 0 atom stereocenters. The lowest BCUT2D eigenvalue weighted by atomic mass is 10.0. The number of anilines is 2. The van der Waals surface area contributed by atoms with Gasteiger partial charge in [0.15, 0.2) is 0 Å². The summed E-state index contributed by atoms with van der Waals surface area (Å²) in [4.78, 5) is 8.89. The number of unbranched alkanes of at least 4 members (excludes halogenated alkanes) is 3. The summed E-state index contributed by atoms with van der Waals surface area (Å²) < 4.78 is 0. The van der Waals surface area contributed by atoms with E-state index in [0.29, 0.717) is 0 Å². The molecule has 1 heterocycles. The molecule has 0 aliphatic carbocycles. The second kappa shape index (κ2) is 10.4. The third-order valence-corrected chi connectivity index (χ3v) is 3.40. The molecule has 1 aromatic heterocycles. The second-order valence-electron chi connectivity index (χ2n) is 6.17. The number of hydrogen-bond acceptors (Lipinski definition) is 4. The maximum atomic E-state index is 4.49. The zero-order valence-corrected chi connectivity index (χ0v) is 14.2. The smallest absolute Gasteiger partial charge is 0.224 e. The van der Waals surface area contributed by atoms with E-state index < -0.39 is 0 Å². The van der Waals surface area contributed by atoms with Crippen LogP contribution < -0.4 is 10.6 Å². The van der Waals surface area contributed by atoms with Crippen molar-refractivity contribution in [2.24, 2.45) is 5.92 Å². The number of rotatable bonds is 11. The lowest BCUT2D eigenvalue weighted by molar-refractivity contribution is 0.523. The molecule has 21 heavy (non-hydrogen) atoms. The van der Waals surface area contributed by atoms with E-state index in [1.807, 2.05) is 13.0 Å². The monoisotopic (exact) mass is 292 g/mol. The second-order valence-corrected chi connectivity index (χ2v) is 6.17. The van der Waals surface area contributed by atoms with Gasteiger partial charge in [-0.1, -0.05) is 46.5 Å². The summed E-state index contributed by atoms with van der Waals surface area (Å²) in [6.45, 7) is 10.6. The maximum Gasteiger partial charge on any atom is 0.224 e. The molecular weight excluding hydrogens is 260 g/mol. The van der Waals surface area contributed by atoms with E-state index in [4.69, 9.17) is 0 Å². The summed E-state index contributed by atoms with van der Waals surface area (Å²) >= 11 is 0. The van der Waals surface area contributed by atoms with E-state index in [1.54, 1.807) is 0 Å². The first-order valence-corrected chi connectivity index (χ1v) is 8.45. The maximum absolute atomic E-state index is 4.49. The van der Waals surface area contributed by atoms with Crippen LogP contribution in [-0.4, -0.2) is 23.1 Å². The Kier molecular flexibility index (Phi) is 8.79. The molecule has 0 saturated carbocycles. The molecule has 0 aromatic carbocycles. The van der Waals surface area contributed by atoms with Crippen molar-refractivity contribution < 1.29 is 0 Å². The summed E-state index contributed by atoms with van der Waals surface area (Å²) in [6.07, 6.45) is 7.63. The molecule has 1 rings (SSSR count). The average molecular weight is 292 g/mol. The Labute approximate surface area is 130 Å². The SMILES string of the molecule is CCCNc1nc(C)cc(NCCCCCCC(C)C)n1. The van der Waals surface area contributed by atoms with Gasteiger partial charge in [-0.15, -0.1) is 0 Å². The lowest BCUT2D eigenvalue weighted by Gasteiger charge is -2.09. The molecule has 120 valence electrons. The molecule has 2 N–H and O–H groups in total. The molecule has 0 unspecified atom stereocenters. The zero-order chi connectivity index (χ0) is 15.5. The van der Waals surface area contributed by atoms with Gasteiger partial charge in [0, 0.05) is 24.8 Å². The molecule has 0 radical (unpaired) electrons. The predicted octanol–water partition coefficient (Wildman–Crippen LogP) is 4.63. The molecule has 1 aromatic rings. The van der Waals surface area contributed by atoms with E-state index in [1.165, 1.54) is 32.1 Å². The van der Waals surface area contributed by atoms with Crippen molar-refractivity contribution >= 4 is 11.8 Å². The van der Waals surface area contributed by atoms with Crippen LogP contribution in [0.25, 0.3) is 0 Å². The molecule has 4 nitrogen and oxygen atoms in total. The molecule has 0 bridgehead atoms. The van der Waals surface area contributed by atoms with Gasteiger partial charge >= 0.3 is 0 Å². The summed E-state index contributed by atoms with van der Waals surface area (Å²) in [5, 5.41) is 6.65. The van der Waals surface area contributed by atoms with Crippen LogP contribution in [0.4, 0.5) is 11.8 Å². The van der Waals surface area contributed by atoms with Crippen molar-refractivity contribution in [2.75, 3.05) is 23.7 Å². The third kappa shape index (κ3) is 8.53. The first-order valence-electron chi connectivity index (χ1n) is 8.45. The Morgan fingerprint density at radius 2 is 1.76 bits per heavy atom. The number of nitrogens with one attached hydrogen (secondary N) is 2. The van der Waals surface area contributed by atoms with Gasteiger partial charge in [-0.25, -0.2) is 4.98 Å². The number of nitrogens with zero attached hydrogens (tertiary/aromatic N) is 2. The largest absolute Gasteiger partial charge is 0.370 e. The highest BCUT2D eigenvalue weighted by molar-refractivity contribution is 5.41. The molecule has 0 spiro atoms. The molecule has 0 saturated heterocycles. The Morgan fingerprint density at radius 3 is 2.48 bits per heavy atom. The highest BCUT2D eigenvalue weighted by atomic mass is 15.1. The predicted molar refractivity (Wildman–Crippen MR) is 92.0 cm³/mol. The first-order chi connectivity index (χ1) is 10.1. The summed E-state index contributed by atoms with van der Waals surface area (Å²) in [7, 11) is 0. The van der Waals surface area contributed by atoms with E-state index in [0.717, 1.165) is 42.9 Å². The van der Waals surface area contributed by atoms with Crippen LogP contribution in [0.2, 0.25) is 0 Å². The minimum absolute atomic E-state index is 0.733. The number of aromatic nitrogens is 2. The highest BCUT2D eigenvalue weighted by Gasteiger charge is 2.01. The Hall–Kier alpha value is -1.32. The van der Waals surface area contributed by atoms with Crippen LogP contribution in [0, 0.1) is 12.8 Å². The fraction of sp³-hybridized carbons (Fsp3) is 0.765. The Bertz CT molecular complexity index is 390. The van der Waals surface area contributed by atoms with E-state index in [9.17, 15) is 0 Å². The van der Waals surface area contributed by atoms with Crippen LogP contribution in [0.3, 0.4) is 0 Å². The quantitative estimate of drug-likeness (QED) is 0.584. The van der Waals surface area contributed by atoms with Gasteiger partial charge in [0.05, 0.1) is 0 Å². The van der Waals surface area contributed by atoms with E-state index in [-0.39, 0.29) is 0 Å². The molecule has 0 aliphatic heterocycles.